The highest BCUT2D eigenvalue weighted by atomic mass is 35.5. The standard InChI is InChI=1S/C16H15ClN2O4/c1-10(15-3-2-8-23-15)18(12-5-6-12)16(20)11-4-7-13(17)14(9-11)19(21)22/h2-4,7-10,12H,5-6H2,1H3. The van der Waals surface area contributed by atoms with Crippen LogP contribution in [0.4, 0.5) is 5.69 Å². The Morgan fingerprint density at radius 2 is 2.17 bits per heavy atom. The van der Waals surface area contributed by atoms with Gasteiger partial charge in [-0.05, 0) is 44.0 Å². The van der Waals surface area contributed by atoms with Crippen molar-refractivity contribution >= 4 is 23.2 Å². The molecule has 1 fully saturated rings. The molecule has 0 radical (unpaired) electrons. The molecule has 1 aromatic heterocycles. The molecule has 1 aromatic carbocycles. The fourth-order valence-corrected chi connectivity index (χ4v) is 2.80. The zero-order valence-electron chi connectivity index (χ0n) is 12.4. The van der Waals surface area contributed by atoms with E-state index in [0.717, 1.165) is 12.8 Å². The van der Waals surface area contributed by atoms with Gasteiger partial charge in [0.05, 0.1) is 17.2 Å². The van der Waals surface area contributed by atoms with Crippen LogP contribution in [-0.4, -0.2) is 21.8 Å². The van der Waals surface area contributed by atoms with Gasteiger partial charge in [-0.1, -0.05) is 11.6 Å². The second-order valence-corrected chi connectivity index (χ2v) is 5.97. The molecule has 0 spiro atoms. The van der Waals surface area contributed by atoms with Crippen LogP contribution in [0.1, 0.15) is 41.9 Å². The number of halogens is 1. The topological polar surface area (TPSA) is 76.6 Å². The number of rotatable bonds is 5. The van der Waals surface area contributed by atoms with Gasteiger partial charge in [0.1, 0.15) is 10.8 Å². The van der Waals surface area contributed by atoms with Gasteiger partial charge in [0.15, 0.2) is 0 Å². The highest BCUT2D eigenvalue weighted by Gasteiger charge is 2.38. The maximum Gasteiger partial charge on any atom is 0.288 e. The number of benzene rings is 1. The zero-order valence-corrected chi connectivity index (χ0v) is 13.2. The first-order valence-corrected chi connectivity index (χ1v) is 7.67. The van der Waals surface area contributed by atoms with Crippen LogP contribution < -0.4 is 0 Å². The molecule has 2 aromatic rings. The molecule has 0 N–H and O–H groups in total. The van der Waals surface area contributed by atoms with E-state index in [0.29, 0.717) is 5.76 Å². The summed E-state index contributed by atoms with van der Waals surface area (Å²) in [6, 6.07) is 7.62. The number of hydrogen-bond acceptors (Lipinski definition) is 4. The highest BCUT2D eigenvalue weighted by molar-refractivity contribution is 6.32. The number of nitro groups is 1. The lowest BCUT2D eigenvalue weighted by Crippen LogP contribution is -2.35. The summed E-state index contributed by atoms with van der Waals surface area (Å²) in [6.07, 6.45) is 3.41. The van der Waals surface area contributed by atoms with Crippen molar-refractivity contribution in [1.82, 2.24) is 4.90 Å². The zero-order chi connectivity index (χ0) is 16.6. The predicted octanol–water partition coefficient (Wildman–Crippen LogP) is 4.21. The van der Waals surface area contributed by atoms with Crippen LogP contribution in [0.3, 0.4) is 0 Å². The molecule has 1 saturated carbocycles. The number of hydrogen-bond donors (Lipinski definition) is 0. The number of amides is 1. The molecule has 0 bridgehead atoms. The third kappa shape index (κ3) is 3.07. The molecule has 23 heavy (non-hydrogen) atoms. The second kappa shape index (κ2) is 6.04. The lowest BCUT2D eigenvalue weighted by atomic mass is 10.1. The summed E-state index contributed by atoms with van der Waals surface area (Å²) in [5.41, 5.74) is -0.00896. The predicted molar refractivity (Wildman–Crippen MR) is 84.4 cm³/mol. The maximum atomic E-state index is 12.9. The van der Waals surface area contributed by atoms with Crippen LogP contribution >= 0.6 is 11.6 Å². The van der Waals surface area contributed by atoms with Gasteiger partial charge >= 0.3 is 0 Å². The molecule has 6 nitrogen and oxygen atoms in total. The second-order valence-electron chi connectivity index (χ2n) is 5.56. The summed E-state index contributed by atoms with van der Waals surface area (Å²) in [6.45, 7) is 1.89. The van der Waals surface area contributed by atoms with Crippen LogP contribution in [0.5, 0.6) is 0 Å². The van der Waals surface area contributed by atoms with Crippen molar-refractivity contribution in [2.24, 2.45) is 0 Å². The van der Waals surface area contributed by atoms with E-state index in [1.165, 1.54) is 18.2 Å². The average Bonchev–Trinajstić information content (AvgIpc) is 3.19. The van der Waals surface area contributed by atoms with Gasteiger partial charge in [0.2, 0.25) is 0 Å². The van der Waals surface area contributed by atoms with Crippen LogP contribution in [0.2, 0.25) is 5.02 Å². The van der Waals surface area contributed by atoms with Crippen molar-refractivity contribution in [2.45, 2.75) is 31.8 Å². The van der Waals surface area contributed by atoms with Crippen molar-refractivity contribution in [2.75, 3.05) is 0 Å². The lowest BCUT2D eigenvalue weighted by molar-refractivity contribution is -0.384. The molecule has 120 valence electrons. The van der Waals surface area contributed by atoms with Gasteiger partial charge in [-0.2, -0.15) is 0 Å². The Kier molecular flexibility index (Phi) is 4.09. The first kappa shape index (κ1) is 15.6. The number of furan rings is 1. The molecule has 1 amide bonds. The van der Waals surface area contributed by atoms with Crippen molar-refractivity contribution in [1.29, 1.82) is 0 Å². The molecular weight excluding hydrogens is 320 g/mol. The summed E-state index contributed by atoms with van der Waals surface area (Å²) in [7, 11) is 0. The molecular formula is C16H15ClN2O4. The van der Waals surface area contributed by atoms with Crippen LogP contribution in [0.25, 0.3) is 0 Å². The first-order chi connectivity index (χ1) is 11.0. The van der Waals surface area contributed by atoms with Gasteiger partial charge in [0, 0.05) is 17.7 Å². The Morgan fingerprint density at radius 3 is 2.74 bits per heavy atom. The first-order valence-electron chi connectivity index (χ1n) is 7.29. The largest absolute Gasteiger partial charge is 0.467 e. The SMILES string of the molecule is CC(c1ccco1)N(C(=O)c1ccc(Cl)c([N+](=O)[O-])c1)C1CC1. The number of carbonyl (C=O) groups excluding carboxylic acids is 1. The third-order valence-corrected chi connectivity index (χ3v) is 4.26. The normalized spacial score (nSPS) is 15.2. The number of nitrogens with zero attached hydrogens (tertiary/aromatic N) is 2. The minimum Gasteiger partial charge on any atom is -0.467 e. The van der Waals surface area contributed by atoms with E-state index in [4.69, 9.17) is 16.0 Å². The van der Waals surface area contributed by atoms with Crippen molar-refractivity contribution < 1.29 is 14.1 Å². The summed E-state index contributed by atoms with van der Waals surface area (Å²) < 4.78 is 5.40. The van der Waals surface area contributed by atoms with E-state index in [1.54, 1.807) is 17.2 Å². The third-order valence-electron chi connectivity index (χ3n) is 3.94. The Morgan fingerprint density at radius 1 is 1.43 bits per heavy atom. The molecule has 3 rings (SSSR count). The molecule has 1 heterocycles. The van der Waals surface area contributed by atoms with Crippen LogP contribution in [0, 0.1) is 10.1 Å². The van der Waals surface area contributed by atoms with Crippen LogP contribution in [-0.2, 0) is 0 Å². The summed E-state index contributed by atoms with van der Waals surface area (Å²) >= 11 is 5.81. The molecule has 1 atom stereocenters. The molecule has 1 aliphatic carbocycles. The summed E-state index contributed by atoms with van der Waals surface area (Å²) in [5, 5.41) is 11.0. The quantitative estimate of drug-likeness (QED) is 0.606. The van der Waals surface area contributed by atoms with E-state index in [9.17, 15) is 14.9 Å². The van der Waals surface area contributed by atoms with E-state index in [1.807, 2.05) is 13.0 Å². The minimum atomic E-state index is -0.587. The smallest absolute Gasteiger partial charge is 0.288 e. The Labute approximate surface area is 137 Å². The molecule has 7 heteroatoms. The summed E-state index contributed by atoms with van der Waals surface area (Å²) in [4.78, 5) is 25.0. The summed E-state index contributed by atoms with van der Waals surface area (Å²) in [5.74, 6) is 0.435. The van der Waals surface area contributed by atoms with Gasteiger partial charge < -0.3 is 9.32 Å². The van der Waals surface area contributed by atoms with Gasteiger partial charge in [-0.3, -0.25) is 14.9 Å². The molecule has 0 aliphatic heterocycles. The number of carbonyl (C=O) groups is 1. The van der Waals surface area contributed by atoms with E-state index < -0.39 is 4.92 Å². The minimum absolute atomic E-state index is 0.0172. The molecule has 0 saturated heterocycles. The molecule has 1 unspecified atom stereocenters. The maximum absolute atomic E-state index is 12.9. The Balaban J connectivity index is 1.93. The van der Waals surface area contributed by atoms with Crippen LogP contribution in [0.15, 0.2) is 41.0 Å². The van der Waals surface area contributed by atoms with Crippen molar-refractivity contribution in [3.8, 4) is 0 Å². The molecule has 1 aliphatic rings. The van der Waals surface area contributed by atoms with Gasteiger partial charge in [-0.25, -0.2) is 0 Å². The highest BCUT2D eigenvalue weighted by Crippen LogP contribution is 2.36. The van der Waals surface area contributed by atoms with E-state index in [2.05, 4.69) is 0 Å². The Hall–Kier alpha value is -2.34. The Bertz CT molecular complexity index is 741. The average molecular weight is 335 g/mol. The van der Waals surface area contributed by atoms with E-state index in [-0.39, 0.29) is 34.3 Å². The lowest BCUT2D eigenvalue weighted by Gasteiger charge is -2.28. The van der Waals surface area contributed by atoms with Gasteiger partial charge in [-0.15, -0.1) is 0 Å². The number of nitro benzene ring substituents is 1. The monoisotopic (exact) mass is 334 g/mol. The fourth-order valence-electron chi connectivity index (χ4n) is 2.61. The fraction of sp³-hybridized carbons (Fsp3) is 0.312. The van der Waals surface area contributed by atoms with Crippen molar-refractivity contribution in [3.63, 3.8) is 0 Å². The van der Waals surface area contributed by atoms with E-state index >= 15 is 0 Å². The van der Waals surface area contributed by atoms with Crippen molar-refractivity contribution in [3.05, 3.63) is 63.1 Å². The van der Waals surface area contributed by atoms with Gasteiger partial charge in [0.25, 0.3) is 11.6 Å².